The van der Waals surface area contributed by atoms with Crippen molar-refractivity contribution < 1.29 is 4.74 Å². The summed E-state index contributed by atoms with van der Waals surface area (Å²) >= 11 is 0. The summed E-state index contributed by atoms with van der Waals surface area (Å²) in [5.74, 6) is 0.814. The van der Waals surface area contributed by atoms with E-state index < -0.39 is 0 Å². The minimum Gasteiger partial charge on any atom is -0.484 e. The number of methoxy groups -OCH3 is 1. The molecule has 0 bridgehead atoms. The van der Waals surface area contributed by atoms with E-state index in [2.05, 4.69) is 103 Å². The highest BCUT2D eigenvalue weighted by atomic mass is 16.5. The van der Waals surface area contributed by atoms with Gasteiger partial charge in [0, 0.05) is 37.0 Å². The molecule has 3 aromatic carbocycles. The smallest absolute Gasteiger partial charge is 0.187 e. The van der Waals surface area contributed by atoms with Crippen molar-refractivity contribution >= 4 is 5.90 Å². The molecule has 3 aromatic rings. The van der Waals surface area contributed by atoms with Crippen molar-refractivity contribution in [3.63, 3.8) is 0 Å². The lowest BCUT2D eigenvalue weighted by Crippen LogP contribution is -2.48. The molecule has 0 radical (unpaired) electrons. The van der Waals surface area contributed by atoms with Gasteiger partial charge in [0.2, 0.25) is 0 Å². The molecule has 0 amide bonds. The highest BCUT2D eigenvalue weighted by molar-refractivity contribution is 5.79. The first kappa shape index (κ1) is 24.8. The largest absolute Gasteiger partial charge is 0.484 e. The Bertz CT molecular complexity index is 1080. The lowest BCUT2D eigenvalue weighted by atomic mass is 9.67. The zero-order chi connectivity index (χ0) is 24.5. The van der Waals surface area contributed by atoms with Gasteiger partial charge in [0.05, 0.1) is 13.2 Å². The van der Waals surface area contributed by atoms with Crippen LogP contribution in [0.4, 0.5) is 0 Å². The van der Waals surface area contributed by atoms with E-state index in [9.17, 15) is 0 Å². The summed E-state index contributed by atoms with van der Waals surface area (Å²) in [6.07, 6.45) is 4.70. The number of ether oxygens (including phenoxy) is 1. The minimum absolute atomic E-state index is 0.0139. The summed E-state index contributed by atoms with van der Waals surface area (Å²) < 4.78 is 5.81. The summed E-state index contributed by atoms with van der Waals surface area (Å²) in [6, 6.07) is 32.3. The molecule has 1 unspecified atom stereocenters. The van der Waals surface area contributed by atoms with Crippen molar-refractivity contribution in [3.05, 3.63) is 120 Å². The number of aliphatic imine (C=N–C) groups is 1. The van der Waals surface area contributed by atoms with Crippen molar-refractivity contribution in [3.8, 4) is 0 Å². The molecule has 0 aromatic heterocycles. The van der Waals surface area contributed by atoms with E-state index in [1.54, 1.807) is 7.11 Å². The molecule has 182 valence electrons. The van der Waals surface area contributed by atoms with Gasteiger partial charge in [-0.3, -0.25) is 4.99 Å². The predicted octanol–water partition coefficient (Wildman–Crippen LogP) is 6.84. The summed E-state index contributed by atoms with van der Waals surface area (Å²) in [6.45, 7) is 8.69. The number of benzene rings is 3. The molecule has 1 heterocycles. The maximum Gasteiger partial charge on any atom is 0.187 e. The third-order valence-electron chi connectivity index (χ3n) is 7.46. The second-order valence-electron chi connectivity index (χ2n) is 9.55. The Labute approximate surface area is 211 Å². The van der Waals surface area contributed by atoms with Gasteiger partial charge in [-0.2, -0.15) is 0 Å². The molecule has 0 saturated carbocycles. The fourth-order valence-corrected chi connectivity index (χ4v) is 5.47. The molecule has 1 aliphatic heterocycles. The van der Waals surface area contributed by atoms with Gasteiger partial charge in [-0.25, -0.2) is 0 Å². The quantitative estimate of drug-likeness (QED) is 0.255. The molecular weight excluding hydrogens is 428 g/mol. The van der Waals surface area contributed by atoms with E-state index in [1.807, 2.05) is 6.07 Å². The number of allylic oxidation sites excluding steroid dienone is 1. The van der Waals surface area contributed by atoms with Gasteiger partial charge in [0.15, 0.2) is 5.90 Å². The summed E-state index contributed by atoms with van der Waals surface area (Å²) in [5.41, 5.74) is 5.12. The van der Waals surface area contributed by atoms with Gasteiger partial charge in [-0.05, 0) is 36.0 Å². The van der Waals surface area contributed by atoms with Crippen molar-refractivity contribution in [2.45, 2.75) is 50.5 Å². The Morgan fingerprint density at radius 3 is 1.89 bits per heavy atom. The fraction of sp³-hybridized carbons (Fsp3) is 0.344. The Morgan fingerprint density at radius 1 is 0.857 bits per heavy atom. The van der Waals surface area contributed by atoms with Crippen LogP contribution in [0.5, 0.6) is 0 Å². The van der Waals surface area contributed by atoms with E-state index >= 15 is 0 Å². The Hall–Kier alpha value is -3.33. The predicted molar refractivity (Wildman–Crippen MR) is 147 cm³/mol. The van der Waals surface area contributed by atoms with Crippen LogP contribution in [-0.4, -0.2) is 37.0 Å². The number of likely N-dealkylation sites (tertiary alicyclic amines) is 1. The molecule has 3 nitrogen and oxygen atoms in total. The van der Waals surface area contributed by atoms with Gasteiger partial charge in [0.25, 0.3) is 0 Å². The molecule has 3 heteroatoms. The molecule has 1 saturated heterocycles. The van der Waals surface area contributed by atoms with Crippen LogP contribution in [0.25, 0.3) is 0 Å². The van der Waals surface area contributed by atoms with Crippen LogP contribution >= 0.6 is 0 Å². The van der Waals surface area contributed by atoms with E-state index in [4.69, 9.17) is 9.73 Å². The average Bonchev–Trinajstić information content (AvgIpc) is 2.92. The topological polar surface area (TPSA) is 24.8 Å². The first-order valence-electron chi connectivity index (χ1n) is 12.8. The number of rotatable bonds is 9. The number of piperidine rings is 1. The van der Waals surface area contributed by atoms with Gasteiger partial charge < -0.3 is 9.64 Å². The number of nitrogens with zero attached hydrogens (tertiary/aromatic N) is 2. The van der Waals surface area contributed by atoms with Crippen LogP contribution in [0.15, 0.2) is 108 Å². The minimum atomic E-state index is -0.0139. The zero-order valence-electron chi connectivity index (χ0n) is 21.2. The summed E-state index contributed by atoms with van der Waals surface area (Å²) in [5, 5.41) is 0. The van der Waals surface area contributed by atoms with Crippen molar-refractivity contribution in [2.24, 2.45) is 4.99 Å². The van der Waals surface area contributed by atoms with Gasteiger partial charge >= 0.3 is 0 Å². The molecule has 35 heavy (non-hydrogen) atoms. The van der Waals surface area contributed by atoms with Crippen molar-refractivity contribution in [1.82, 2.24) is 4.90 Å². The molecular formula is C32H38N2O. The monoisotopic (exact) mass is 466 g/mol. The maximum absolute atomic E-state index is 5.81. The molecule has 0 spiro atoms. The average molecular weight is 467 g/mol. The molecule has 0 aliphatic carbocycles. The second kappa shape index (κ2) is 11.9. The van der Waals surface area contributed by atoms with E-state index in [1.165, 1.54) is 22.4 Å². The second-order valence-corrected chi connectivity index (χ2v) is 9.55. The lowest BCUT2D eigenvalue weighted by Gasteiger charge is -2.47. The van der Waals surface area contributed by atoms with Crippen molar-refractivity contribution in [1.29, 1.82) is 0 Å². The molecule has 1 atom stereocenters. The van der Waals surface area contributed by atoms with Crippen LogP contribution in [0.2, 0.25) is 0 Å². The molecule has 1 fully saturated rings. The zero-order valence-corrected chi connectivity index (χ0v) is 21.2. The van der Waals surface area contributed by atoms with Gasteiger partial charge in [-0.15, -0.1) is 0 Å². The van der Waals surface area contributed by atoms with Crippen LogP contribution in [0, 0.1) is 0 Å². The first-order valence-corrected chi connectivity index (χ1v) is 12.8. The SMILES string of the molecule is C=C(Cc1ccccc1)N1CCC(c2ccccc2)(C(CC)N=C(Cc2ccccc2)OC)CC1. The highest BCUT2D eigenvalue weighted by Crippen LogP contribution is 2.42. The summed E-state index contributed by atoms with van der Waals surface area (Å²) in [7, 11) is 1.75. The first-order chi connectivity index (χ1) is 17.1. The third kappa shape index (κ3) is 6.03. The van der Waals surface area contributed by atoms with Crippen LogP contribution in [0.3, 0.4) is 0 Å². The summed E-state index contributed by atoms with van der Waals surface area (Å²) in [4.78, 5) is 7.75. The van der Waals surface area contributed by atoms with Crippen LogP contribution < -0.4 is 0 Å². The fourth-order valence-electron chi connectivity index (χ4n) is 5.47. The molecule has 4 rings (SSSR count). The van der Waals surface area contributed by atoms with Gasteiger partial charge in [-0.1, -0.05) is 104 Å². The Kier molecular flexibility index (Phi) is 8.41. The standard InChI is InChI=1S/C32H38N2O/c1-4-30(33-31(35-3)25-28-16-10-6-11-17-28)32(29-18-12-7-13-19-29)20-22-34(23-21-32)26(2)24-27-14-8-5-9-15-27/h5-19,30H,2,4,20-25H2,1,3H3. The van der Waals surface area contributed by atoms with Crippen molar-refractivity contribution in [2.75, 3.05) is 20.2 Å². The Balaban J connectivity index is 1.56. The normalized spacial score (nSPS) is 16.5. The number of hydrogen-bond acceptors (Lipinski definition) is 3. The van der Waals surface area contributed by atoms with E-state index in [0.29, 0.717) is 0 Å². The van der Waals surface area contributed by atoms with E-state index in [-0.39, 0.29) is 11.5 Å². The van der Waals surface area contributed by atoms with Gasteiger partial charge in [0.1, 0.15) is 0 Å². The van der Waals surface area contributed by atoms with E-state index in [0.717, 1.165) is 51.1 Å². The third-order valence-corrected chi connectivity index (χ3v) is 7.46. The van der Waals surface area contributed by atoms with Crippen LogP contribution in [0.1, 0.15) is 42.9 Å². The highest BCUT2D eigenvalue weighted by Gasteiger charge is 2.42. The maximum atomic E-state index is 5.81. The lowest BCUT2D eigenvalue weighted by molar-refractivity contribution is 0.163. The number of hydrogen-bond donors (Lipinski definition) is 0. The van der Waals surface area contributed by atoms with Crippen LogP contribution in [-0.2, 0) is 23.0 Å². The molecule has 1 aliphatic rings. The Morgan fingerprint density at radius 2 is 1.37 bits per heavy atom. The molecule has 0 N–H and O–H groups in total.